The second-order valence-electron chi connectivity index (χ2n) is 2.86. The number of hydrogen-bond acceptors (Lipinski definition) is 2. The molecule has 0 heterocycles. The zero-order valence-electron chi connectivity index (χ0n) is 9.16. The van der Waals surface area contributed by atoms with Crippen molar-refractivity contribution in [3.63, 3.8) is 0 Å². The largest absolute Gasteiger partial charge is 0.361 e. The van der Waals surface area contributed by atoms with Gasteiger partial charge in [-0.25, -0.2) is 0 Å². The summed E-state index contributed by atoms with van der Waals surface area (Å²) in [5, 5.41) is 3.08. The van der Waals surface area contributed by atoms with Gasteiger partial charge in [-0.05, 0) is 20.6 Å². The van der Waals surface area contributed by atoms with Gasteiger partial charge in [0.15, 0.2) is 0 Å². The van der Waals surface area contributed by atoms with Gasteiger partial charge in [-0.15, -0.1) is 0 Å². The zero-order chi connectivity index (χ0) is 10.6. The monoisotopic (exact) mass is 213 g/mol. The van der Waals surface area contributed by atoms with Gasteiger partial charge in [-0.2, -0.15) is 0 Å². The topological polar surface area (TPSA) is 21.3 Å². The molecule has 0 radical (unpaired) electrons. The van der Waals surface area contributed by atoms with Gasteiger partial charge in [-0.3, -0.25) is 0 Å². The molecule has 0 bridgehead atoms. The Hall–Kier alpha value is -0.430. The maximum Gasteiger partial charge on any atom is 0.0655 e. The van der Waals surface area contributed by atoms with E-state index in [1.54, 1.807) is 0 Å². The fourth-order valence-electron chi connectivity index (χ4n) is 0.677. The van der Waals surface area contributed by atoms with Crippen molar-refractivity contribution in [2.45, 2.75) is 13.0 Å². The van der Waals surface area contributed by atoms with E-state index in [1.165, 1.54) is 0 Å². The van der Waals surface area contributed by atoms with Gasteiger partial charge in [0.2, 0.25) is 0 Å². The van der Waals surface area contributed by atoms with Crippen LogP contribution in [0.25, 0.3) is 0 Å². The third kappa shape index (κ3) is 9.66. The van der Waals surface area contributed by atoms with Crippen molar-refractivity contribution in [2.75, 3.05) is 20.3 Å². The van der Waals surface area contributed by atoms with Gasteiger partial charge in [0.25, 0.3) is 0 Å². The summed E-state index contributed by atoms with van der Waals surface area (Å²) < 4.78 is 5.15. The minimum Gasteiger partial charge on any atom is -0.361 e. The molecule has 2 atom stereocenters. The van der Waals surface area contributed by atoms with Crippen LogP contribution in [0.2, 0.25) is 0 Å². The fourth-order valence-corrected chi connectivity index (χ4v) is 1.09. The van der Waals surface area contributed by atoms with Gasteiger partial charge in [0.05, 0.1) is 6.61 Å². The SMILES string of the molecule is CNC(C)COPC.c1ccccc1. The predicted molar refractivity (Wildman–Crippen MR) is 65.2 cm³/mol. The third-order valence-corrected chi connectivity index (χ3v) is 2.09. The molecule has 0 saturated carbocycles. The zero-order valence-corrected chi connectivity index (χ0v) is 10.2. The van der Waals surface area contributed by atoms with Gasteiger partial charge in [-0.1, -0.05) is 36.4 Å². The van der Waals surface area contributed by atoms with E-state index in [1.807, 2.05) is 50.1 Å². The predicted octanol–water partition coefficient (Wildman–Crippen LogP) is 2.52. The molecule has 0 fully saturated rings. The lowest BCUT2D eigenvalue weighted by Crippen LogP contribution is -2.25. The maximum absolute atomic E-state index is 5.15. The first kappa shape index (κ1) is 13.6. The Bertz CT molecular complexity index is 167. The fraction of sp³-hybridized carbons (Fsp3) is 0.455. The quantitative estimate of drug-likeness (QED) is 0.776. The van der Waals surface area contributed by atoms with Crippen LogP contribution in [0.4, 0.5) is 0 Å². The van der Waals surface area contributed by atoms with Crippen LogP contribution < -0.4 is 5.32 Å². The minimum absolute atomic E-state index is 0.488. The highest BCUT2D eigenvalue weighted by molar-refractivity contribution is 7.31. The molecule has 14 heavy (non-hydrogen) atoms. The average Bonchev–Trinajstić information content (AvgIpc) is 2.29. The minimum atomic E-state index is 0.488. The van der Waals surface area contributed by atoms with Crippen LogP contribution in [0.3, 0.4) is 0 Å². The van der Waals surface area contributed by atoms with Crippen molar-refractivity contribution < 1.29 is 4.52 Å². The van der Waals surface area contributed by atoms with E-state index in [4.69, 9.17) is 4.52 Å². The van der Waals surface area contributed by atoms with Crippen molar-refractivity contribution in [2.24, 2.45) is 0 Å². The molecule has 0 saturated heterocycles. The summed E-state index contributed by atoms with van der Waals surface area (Å²) in [4.78, 5) is 0. The molecular formula is C11H20NOP. The molecular weight excluding hydrogens is 193 g/mol. The van der Waals surface area contributed by atoms with Crippen molar-refractivity contribution in [3.8, 4) is 0 Å². The summed E-state index contributed by atoms with van der Waals surface area (Å²) in [6.07, 6.45) is 0. The lowest BCUT2D eigenvalue weighted by atomic mass is 10.4. The first-order valence-electron chi connectivity index (χ1n) is 4.77. The number of rotatable bonds is 4. The molecule has 1 aromatic carbocycles. The molecule has 1 N–H and O–H groups in total. The second kappa shape index (κ2) is 10.6. The van der Waals surface area contributed by atoms with Gasteiger partial charge in [0.1, 0.15) is 0 Å². The van der Waals surface area contributed by atoms with Crippen LogP contribution in [0.5, 0.6) is 0 Å². The Morgan fingerprint density at radius 2 is 1.57 bits per heavy atom. The first-order chi connectivity index (χ1) is 6.81. The summed E-state index contributed by atoms with van der Waals surface area (Å²) in [6.45, 7) is 4.95. The highest BCUT2D eigenvalue weighted by Gasteiger charge is 1.93. The lowest BCUT2D eigenvalue weighted by Gasteiger charge is -2.07. The number of benzene rings is 1. The molecule has 0 spiro atoms. The molecule has 0 aromatic heterocycles. The summed E-state index contributed by atoms with van der Waals surface area (Å²) >= 11 is 0. The third-order valence-electron chi connectivity index (χ3n) is 1.64. The van der Waals surface area contributed by atoms with E-state index in [0.29, 0.717) is 14.8 Å². The molecule has 1 rings (SSSR count). The standard InChI is InChI=1S/C6H6.C5H14NOP/c1-2-4-6-5-3-1;1-5(6-2)4-7-8-3/h1-6H;5-6,8H,4H2,1-3H3. The first-order valence-corrected chi connectivity index (χ1v) is 6.18. The Morgan fingerprint density at radius 1 is 1.14 bits per heavy atom. The van der Waals surface area contributed by atoms with Crippen LogP contribution in [0.1, 0.15) is 6.92 Å². The van der Waals surface area contributed by atoms with E-state index < -0.39 is 0 Å². The van der Waals surface area contributed by atoms with E-state index in [2.05, 4.69) is 12.2 Å². The highest BCUT2D eigenvalue weighted by Crippen LogP contribution is 2.03. The Balaban J connectivity index is 0.000000249. The Labute approximate surface area is 88.9 Å². The average molecular weight is 213 g/mol. The summed E-state index contributed by atoms with van der Waals surface area (Å²) in [5.41, 5.74) is 0. The summed E-state index contributed by atoms with van der Waals surface area (Å²) in [6, 6.07) is 12.5. The molecule has 0 amide bonds. The normalized spacial score (nSPS) is 12.2. The van der Waals surface area contributed by atoms with Crippen molar-refractivity contribution >= 4 is 8.81 Å². The van der Waals surface area contributed by atoms with Crippen LogP contribution in [0.15, 0.2) is 36.4 Å². The molecule has 0 aliphatic heterocycles. The van der Waals surface area contributed by atoms with Crippen LogP contribution in [-0.4, -0.2) is 26.4 Å². The van der Waals surface area contributed by atoms with Gasteiger partial charge >= 0.3 is 0 Å². The maximum atomic E-state index is 5.15. The van der Waals surface area contributed by atoms with E-state index in [9.17, 15) is 0 Å². The summed E-state index contributed by atoms with van der Waals surface area (Å²) in [5.74, 6) is 0. The molecule has 2 nitrogen and oxygen atoms in total. The van der Waals surface area contributed by atoms with Gasteiger partial charge in [0, 0.05) is 14.8 Å². The van der Waals surface area contributed by atoms with Crippen LogP contribution in [-0.2, 0) is 4.52 Å². The molecule has 3 heteroatoms. The number of hydrogen-bond donors (Lipinski definition) is 1. The van der Waals surface area contributed by atoms with Crippen LogP contribution in [0, 0.1) is 0 Å². The molecule has 2 unspecified atom stereocenters. The second-order valence-corrected chi connectivity index (χ2v) is 3.56. The van der Waals surface area contributed by atoms with E-state index in [0.717, 1.165) is 6.61 Å². The number of nitrogens with one attached hydrogen (secondary N) is 1. The van der Waals surface area contributed by atoms with Crippen LogP contribution >= 0.6 is 8.81 Å². The van der Waals surface area contributed by atoms with Crippen molar-refractivity contribution in [3.05, 3.63) is 36.4 Å². The smallest absolute Gasteiger partial charge is 0.0655 e. The lowest BCUT2D eigenvalue weighted by molar-refractivity contribution is 0.317. The molecule has 0 aliphatic rings. The molecule has 0 aliphatic carbocycles. The van der Waals surface area contributed by atoms with Crippen molar-refractivity contribution in [1.29, 1.82) is 0 Å². The Morgan fingerprint density at radius 3 is 1.86 bits per heavy atom. The molecule has 1 aromatic rings. The highest BCUT2D eigenvalue weighted by atomic mass is 31.1. The van der Waals surface area contributed by atoms with Crippen molar-refractivity contribution in [1.82, 2.24) is 5.32 Å². The Kier molecular flexibility index (Phi) is 10.3. The van der Waals surface area contributed by atoms with E-state index in [-0.39, 0.29) is 0 Å². The summed E-state index contributed by atoms with van der Waals surface area (Å²) in [7, 11) is 2.55. The molecule has 80 valence electrons. The van der Waals surface area contributed by atoms with Gasteiger partial charge < -0.3 is 9.84 Å². The van der Waals surface area contributed by atoms with E-state index >= 15 is 0 Å². The number of likely N-dealkylation sites (N-methyl/N-ethyl adjacent to an activating group) is 1.